The van der Waals surface area contributed by atoms with Crippen molar-refractivity contribution in [3.8, 4) is 0 Å². The van der Waals surface area contributed by atoms with Gasteiger partial charge in [-0.05, 0) is 6.07 Å². The molecule has 1 aromatic heterocycles. The number of fused-ring (bicyclic) bond motifs is 1. The van der Waals surface area contributed by atoms with Crippen molar-refractivity contribution in [2.75, 3.05) is 20.3 Å². The molecule has 0 atom stereocenters. The van der Waals surface area contributed by atoms with Gasteiger partial charge in [0.1, 0.15) is 11.2 Å². The van der Waals surface area contributed by atoms with Crippen molar-refractivity contribution < 1.29 is 14.5 Å². The van der Waals surface area contributed by atoms with Gasteiger partial charge in [0.15, 0.2) is 0 Å². The fourth-order valence-electron chi connectivity index (χ4n) is 1.76. The minimum atomic E-state index is -0.512. The smallest absolute Gasteiger partial charge is 0.295 e. The highest BCUT2D eigenvalue weighted by atomic mass is 16.6. The minimum Gasteiger partial charge on any atom is -0.383 e. The van der Waals surface area contributed by atoms with Gasteiger partial charge >= 0.3 is 0 Å². The Balaban J connectivity index is 2.34. The number of ether oxygens (including phenoxy) is 1. The van der Waals surface area contributed by atoms with E-state index in [1.165, 1.54) is 19.2 Å². The summed E-state index contributed by atoms with van der Waals surface area (Å²) in [6.45, 7) is 0.741. The summed E-state index contributed by atoms with van der Waals surface area (Å²) in [5.74, 6) is -0.387. The Morgan fingerprint density at radius 2 is 2.20 bits per heavy atom. The van der Waals surface area contributed by atoms with Crippen LogP contribution in [0.15, 0.2) is 30.3 Å². The lowest BCUT2D eigenvalue weighted by Gasteiger charge is -2.05. The second-order valence-corrected chi connectivity index (χ2v) is 4.05. The number of methoxy groups -OCH3 is 1. The standard InChI is InChI=1S/C13H13N3O4/c1-20-8-7-14-13(17)10-6-5-9-3-2-4-11(16(18)19)12(9)15-10/h2-6H,7-8H2,1H3,(H,14,17). The first-order valence-corrected chi connectivity index (χ1v) is 5.95. The van der Waals surface area contributed by atoms with Crippen molar-refractivity contribution in [1.82, 2.24) is 10.3 Å². The third-order valence-corrected chi connectivity index (χ3v) is 2.72. The molecule has 7 nitrogen and oxygen atoms in total. The summed E-state index contributed by atoms with van der Waals surface area (Å²) in [6.07, 6.45) is 0. The lowest BCUT2D eigenvalue weighted by Crippen LogP contribution is -2.27. The molecule has 1 heterocycles. The van der Waals surface area contributed by atoms with Crippen LogP contribution in [-0.2, 0) is 4.74 Å². The highest BCUT2D eigenvalue weighted by Crippen LogP contribution is 2.23. The number of rotatable bonds is 5. The van der Waals surface area contributed by atoms with Gasteiger partial charge in [0.05, 0.1) is 11.5 Å². The molecule has 0 spiro atoms. The number of carbonyl (C=O) groups is 1. The fourth-order valence-corrected chi connectivity index (χ4v) is 1.76. The highest BCUT2D eigenvalue weighted by molar-refractivity contribution is 5.96. The SMILES string of the molecule is COCCNC(=O)c1ccc2cccc([N+](=O)[O-])c2n1. The minimum absolute atomic E-state index is 0.117. The molecule has 0 aliphatic carbocycles. The van der Waals surface area contributed by atoms with Crippen LogP contribution in [0.5, 0.6) is 0 Å². The van der Waals surface area contributed by atoms with Crippen LogP contribution >= 0.6 is 0 Å². The number of nitro benzene ring substituents is 1. The molecule has 0 saturated carbocycles. The molecule has 0 saturated heterocycles. The average Bonchev–Trinajstić information content (AvgIpc) is 2.46. The van der Waals surface area contributed by atoms with E-state index in [0.717, 1.165) is 0 Å². The lowest BCUT2D eigenvalue weighted by atomic mass is 10.1. The molecule has 0 aliphatic heterocycles. The van der Waals surface area contributed by atoms with Gasteiger partial charge in [-0.3, -0.25) is 14.9 Å². The van der Waals surface area contributed by atoms with E-state index >= 15 is 0 Å². The van der Waals surface area contributed by atoms with Gasteiger partial charge in [0.25, 0.3) is 11.6 Å². The van der Waals surface area contributed by atoms with Crippen LogP contribution in [0.25, 0.3) is 10.9 Å². The number of aromatic nitrogens is 1. The van der Waals surface area contributed by atoms with E-state index in [9.17, 15) is 14.9 Å². The molecule has 104 valence electrons. The van der Waals surface area contributed by atoms with Gasteiger partial charge in [-0.15, -0.1) is 0 Å². The fraction of sp³-hybridized carbons (Fsp3) is 0.231. The maximum Gasteiger partial charge on any atom is 0.295 e. The third-order valence-electron chi connectivity index (χ3n) is 2.72. The number of para-hydroxylation sites is 1. The number of nitrogens with zero attached hydrogens (tertiary/aromatic N) is 2. The summed E-state index contributed by atoms with van der Waals surface area (Å²) in [7, 11) is 1.53. The number of non-ortho nitro benzene ring substituents is 1. The zero-order valence-corrected chi connectivity index (χ0v) is 10.8. The van der Waals surface area contributed by atoms with Crippen molar-refractivity contribution >= 4 is 22.5 Å². The zero-order chi connectivity index (χ0) is 14.5. The molecule has 2 rings (SSSR count). The van der Waals surface area contributed by atoms with Crippen LogP contribution in [-0.4, -0.2) is 36.1 Å². The summed E-state index contributed by atoms with van der Waals surface area (Å²) in [5.41, 5.74) is 0.230. The Kier molecular flexibility index (Phi) is 4.21. The monoisotopic (exact) mass is 275 g/mol. The maximum atomic E-state index is 11.8. The number of amides is 1. The Morgan fingerprint density at radius 1 is 1.40 bits per heavy atom. The predicted octanol–water partition coefficient (Wildman–Crippen LogP) is 1.52. The first-order chi connectivity index (χ1) is 9.63. The Labute approximate surface area is 114 Å². The molecule has 20 heavy (non-hydrogen) atoms. The Morgan fingerprint density at radius 3 is 2.90 bits per heavy atom. The van der Waals surface area contributed by atoms with E-state index in [-0.39, 0.29) is 22.8 Å². The van der Waals surface area contributed by atoms with Gasteiger partial charge in [-0.1, -0.05) is 18.2 Å². The van der Waals surface area contributed by atoms with Gasteiger partial charge in [-0.25, -0.2) is 4.98 Å². The Hall–Kier alpha value is -2.54. The van der Waals surface area contributed by atoms with E-state index < -0.39 is 4.92 Å². The number of benzene rings is 1. The van der Waals surface area contributed by atoms with Crippen LogP contribution < -0.4 is 5.32 Å². The molecule has 1 amide bonds. The maximum absolute atomic E-state index is 11.8. The van der Waals surface area contributed by atoms with Crippen LogP contribution in [0.1, 0.15) is 10.5 Å². The molecule has 0 fully saturated rings. The van der Waals surface area contributed by atoms with Crippen molar-refractivity contribution in [3.05, 3.63) is 46.1 Å². The summed E-state index contributed by atoms with van der Waals surface area (Å²) >= 11 is 0. The highest BCUT2D eigenvalue weighted by Gasteiger charge is 2.15. The number of carbonyl (C=O) groups excluding carboxylic acids is 1. The molecule has 1 aromatic carbocycles. The van der Waals surface area contributed by atoms with Gasteiger partial charge < -0.3 is 10.1 Å². The van der Waals surface area contributed by atoms with Crippen molar-refractivity contribution in [2.24, 2.45) is 0 Å². The van der Waals surface area contributed by atoms with Crippen molar-refractivity contribution in [1.29, 1.82) is 0 Å². The first-order valence-electron chi connectivity index (χ1n) is 5.95. The topological polar surface area (TPSA) is 94.4 Å². The molecule has 2 aromatic rings. The molecule has 0 unspecified atom stereocenters. The molecular formula is C13H13N3O4. The van der Waals surface area contributed by atoms with Crippen LogP contribution in [0.4, 0.5) is 5.69 Å². The van der Waals surface area contributed by atoms with Crippen LogP contribution in [0.3, 0.4) is 0 Å². The summed E-state index contributed by atoms with van der Waals surface area (Å²) in [6, 6.07) is 7.83. The van der Waals surface area contributed by atoms with E-state index in [1.807, 2.05) is 0 Å². The summed E-state index contributed by atoms with van der Waals surface area (Å²) < 4.78 is 4.82. The number of hydrogen-bond acceptors (Lipinski definition) is 5. The molecule has 0 bridgehead atoms. The van der Waals surface area contributed by atoms with Gasteiger partial charge in [-0.2, -0.15) is 0 Å². The second-order valence-electron chi connectivity index (χ2n) is 4.05. The van der Waals surface area contributed by atoms with E-state index in [1.54, 1.807) is 18.2 Å². The predicted molar refractivity (Wildman–Crippen MR) is 72.6 cm³/mol. The molecular weight excluding hydrogens is 262 g/mol. The van der Waals surface area contributed by atoms with Crippen molar-refractivity contribution in [3.63, 3.8) is 0 Å². The normalized spacial score (nSPS) is 10.4. The lowest BCUT2D eigenvalue weighted by molar-refractivity contribution is -0.383. The third kappa shape index (κ3) is 2.89. The molecule has 0 radical (unpaired) electrons. The Bertz CT molecular complexity index is 657. The average molecular weight is 275 g/mol. The quantitative estimate of drug-likeness (QED) is 0.507. The van der Waals surface area contributed by atoms with E-state index in [4.69, 9.17) is 4.74 Å². The summed E-state index contributed by atoms with van der Waals surface area (Å²) in [5, 5.41) is 14.2. The number of nitro groups is 1. The number of nitrogens with one attached hydrogen (secondary N) is 1. The number of hydrogen-bond donors (Lipinski definition) is 1. The van der Waals surface area contributed by atoms with Gasteiger partial charge in [0.2, 0.25) is 0 Å². The second kappa shape index (κ2) is 6.07. The van der Waals surface area contributed by atoms with Crippen LogP contribution in [0.2, 0.25) is 0 Å². The number of pyridine rings is 1. The van der Waals surface area contributed by atoms with Crippen LogP contribution in [0, 0.1) is 10.1 Å². The van der Waals surface area contributed by atoms with E-state index in [0.29, 0.717) is 18.5 Å². The first kappa shape index (κ1) is 13.9. The van der Waals surface area contributed by atoms with Gasteiger partial charge in [0, 0.05) is 25.1 Å². The van der Waals surface area contributed by atoms with Crippen molar-refractivity contribution in [2.45, 2.75) is 0 Å². The largest absolute Gasteiger partial charge is 0.383 e. The molecule has 0 aliphatic rings. The van der Waals surface area contributed by atoms with E-state index in [2.05, 4.69) is 10.3 Å². The molecule has 7 heteroatoms. The zero-order valence-electron chi connectivity index (χ0n) is 10.8. The summed E-state index contributed by atoms with van der Waals surface area (Å²) in [4.78, 5) is 26.4. The molecule has 1 N–H and O–H groups in total.